The molecule has 0 bridgehead atoms. The first-order valence-electron chi connectivity index (χ1n) is 7.19. The van der Waals surface area contributed by atoms with Gasteiger partial charge in [0.1, 0.15) is 6.29 Å². The highest BCUT2D eigenvalue weighted by molar-refractivity contribution is 5.60. The van der Waals surface area contributed by atoms with E-state index in [0.29, 0.717) is 12.6 Å². The standard InChI is InChI=1S/C14H26N2O2/c1-3-13(2)16-7-5-15(6-8-16)10-14(11-17)4-9-18-12-14/h11,13H,3-10,12H2,1-2H3. The Morgan fingerprint density at radius 3 is 2.56 bits per heavy atom. The van der Waals surface area contributed by atoms with Crippen LogP contribution < -0.4 is 0 Å². The molecule has 0 aliphatic carbocycles. The van der Waals surface area contributed by atoms with Gasteiger partial charge < -0.3 is 9.53 Å². The lowest BCUT2D eigenvalue weighted by Gasteiger charge is -2.40. The highest BCUT2D eigenvalue weighted by Gasteiger charge is 2.37. The van der Waals surface area contributed by atoms with E-state index in [-0.39, 0.29) is 5.41 Å². The van der Waals surface area contributed by atoms with Gasteiger partial charge in [-0.3, -0.25) is 9.80 Å². The minimum absolute atomic E-state index is 0.224. The molecule has 2 unspecified atom stereocenters. The average Bonchev–Trinajstić information content (AvgIpc) is 2.88. The third-order valence-corrected chi connectivity index (χ3v) is 4.54. The number of nitrogens with zero attached hydrogens (tertiary/aromatic N) is 2. The first-order chi connectivity index (χ1) is 8.69. The predicted molar refractivity (Wildman–Crippen MR) is 71.7 cm³/mol. The molecule has 0 aromatic rings. The van der Waals surface area contributed by atoms with Gasteiger partial charge in [0.2, 0.25) is 0 Å². The molecule has 2 fully saturated rings. The second kappa shape index (κ2) is 6.13. The lowest BCUT2D eigenvalue weighted by molar-refractivity contribution is -0.117. The minimum Gasteiger partial charge on any atom is -0.380 e. The van der Waals surface area contributed by atoms with Crippen LogP contribution in [-0.2, 0) is 9.53 Å². The quantitative estimate of drug-likeness (QED) is 0.686. The summed E-state index contributed by atoms with van der Waals surface area (Å²) in [6.07, 6.45) is 3.23. The summed E-state index contributed by atoms with van der Waals surface area (Å²) in [5, 5.41) is 0. The number of carbonyl (C=O) groups excluding carboxylic acids is 1. The van der Waals surface area contributed by atoms with Crippen molar-refractivity contribution in [3.05, 3.63) is 0 Å². The number of rotatable bonds is 5. The number of carbonyl (C=O) groups is 1. The normalized spacial score (nSPS) is 32.6. The fourth-order valence-electron chi connectivity index (χ4n) is 2.94. The molecule has 0 saturated carbocycles. The maximum absolute atomic E-state index is 11.3. The van der Waals surface area contributed by atoms with Crippen molar-refractivity contribution in [2.24, 2.45) is 5.41 Å². The van der Waals surface area contributed by atoms with Crippen molar-refractivity contribution >= 4 is 6.29 Å². The highest BCUT2D eigenvalue weighted by Crippen LogP contribution is 2.27. The van der Waals surface area contributed by atoms with E-state index < -0.39 is 0 Å². The Balaban J connectivity index is 1.81. The lowest BCUT2D eigenvalue weighted by Crippen LogP contribution is -2.52. The van der Waals surface area contributed by atoms with Crippen molar-refractivity contribution in [1.82, 2.24) is 9.80 Å². The van der Waals surface area contributed by atoms with Crippen molar-refractivity contribution < 1.29 is 9.53 Å². The van der Waals surface area contributed by atoms with Gasteiger partial charge in [-0.2, -0.15) is 0 Å². The third-order valence-electron chi connectivity index (χ3n) is 4.54. The van der Waals surface area contributed by atoms with Crippen molar-refractivity contribution in [2.45, 2.75) is 32.7 Å². The van der Waals surface area contributed by atoms with Crippen molar-refractivity contribution in [1.29, 1.82) is 0 Å². The summed E-state index contributed by atoms with van der Waals surface area (Å²) in [5.74, 6) is 0. The zero-order chi connectivity index (χ0) is 13.0. The molecule has 2 atom stereocenters. The molecule has 2 aliphatic rings. The predicted octanol–water partition coefficient (Wildman–Crippen LogP) is 1.01. The lowest BCUT2D eigenvalue weighted by atomic mass is 9.88. The van der Waals surface area contributed by atoms with Crippen molar-refractivity contribution in [3.8, 4) is 0 Å². The maximum atomic E-state index is 11.3. The first kappa shape index (κ1) is 14.0. The van der Waals surface area contributed by atoms with Gasteiger partial charge in [-0.1, -0.05) is 6.92 Å². The Labute approximate surface area is 110 Å². The van der Waals surface area contributed by atoms with E-state index in [1.165, 1.54) is 6.42 Å². The summed E-state index contributed by atoms with van der Waals surface area (Å²) in [6, 6.07) is 0.682. The molecule has 18 heavy (non-hydrogen) atoms. The van der Waals surface area contributed by atoms with Gasteiger partial charge in [0.25, 0.3) is 0 Å². The molecule has 4 nitrogen and oxygen atoms in total. The maximum Gasteiger partial charge on any atom is 0.129 e. The zero-order valence-corrected chi connectivity index (χ0v) is 11.7. The summed E-state index contributed by atoms with van der Waals surface area (Å²) < 4.78 is 5.40. The van der Waals surface area contributed by atoms with Crippen LogP contribution in [0, 0.1) is 5.41 Å². The number of hydrogen-bond donors (Lipinski definition) is 0. The molecule has 0 N–H and O–H groups in total. The highest BCUT2D eigenvalue weighted by atomic mass is 16.5. The van der Waals surface area contributed by atoms with Gasteiger partial charge >= 0.3 is 0 Å². The fourth-order valence-corrected chi connectivity index (χ4v) is 2.94. The van der Waals surface area contributed by atoms with Gasteiger partial charge in [-0.25, -0.2) is 0 Å². The van der Waals surface area contributed by atoms with Crippen LogP contribution in [0.4, 0.5) is 0 Å². The number of hydrogen-bond acceptors (Lipinski definition) is 4. The number of aldehydes is 1. The van der Waals surface area contributed by atoms with Gasteiger partial charge in [-0.05, 0) is 19.8 Å². The van der Waals surface area contributed by atoms with E-state index >= 15 is 0 Å². The van der Waals surface area contributed by atoms with Crippen LogP contribution in [0.15, 0.2) is 0 Å². The summed E-state index contributed by atoms with van der Waals surface area (Å²) >= 11 is 0. The number of ether oxygens (including phenoxy) is 1. The smallest absolute Gasteiger partial charge is 0.129 e. The zero-order valence-electron chi connectivity index (χ0n) is 11.7. The largest absolute Gasteiger partial charge is 0.380 e. The second-order valence-corrected chi connectivity index (χ2v) is 5.85. The Bertz CT molecular complexity index is 269. The van der Waals surface area contributed by atoms with Crippen LogP contribution in [0.2, 0.25) is 0 Å². The molecule has 0 spiro atoms. The van der Waals surface area contributed by atoms with Crippen molar-refractivity contribution in [2.75, 3.05) is 45.9 Å². The molecule has 0 aromatic heterocycles. The van der Waals surface area contributed by atoms with E-state index in [1.807, 2.05) is 0 Å². The van der Waals surface area contributed by atoms with Crippen LogP contribution in [-0.4, -0.2) is 68.1 Å². The van der Waals surface area contributed by atoms with Crippen LogP contribution in [0.25, 0.3) is 0 Å². The van der Waals surface area contributed by atoms with E-state index in [2.05, 4.69) is 23.6 Å². The molecule has 2 heterocycles. The molecule has 0 amide bonds. The summed E-state index contributed by atoms with van der Waals surface area (Å²) in [6.45, 7) is 11.2. The Hall–Kier alpha value is -0.450. The fraction of sp³-hybridized carbons (Fsp3) is 0.929. The molecule has 0 radical (unpaired) electrons. The minimum atomic E-state index is -0.224. The van der Waals surface area contributed by atoms with Gasteiger partial charge in [0, 0.05) is 45.4 Å². The second-order valence-electron chi connectivity index (χ2n) is 5.85. The first-order valence-corrected chi connectivity index (χ1v) is 7.19. The van der Waals surface area contributed by atoms with E-state index in [9.17, 15) is 4.79 Å². The molecule has 4 heteroatoms. The molecular formula is C14H26N2O2. The molecule has 104 valence electrons. The molecule has 2 aliphatic heterocycles. The van der Waals surface area contributed by atoms with Crippen molar-refractivity contribution in [3.63, 3.8) is 0 Å². The summed E-state index contributed by atoms with van der Waals surface area (Å²) in [5.41, 5.74) is -0.224. The van der Waals surface area contributed by atoms with Crippen LogP contribution in [0.5, 0.6) is 0 Å². The number of piperazine rings is 1. The molecule has 2 rings (SSSR count). The molecular weight excluding hydrogens is 228 g/mol. The summed E-state index contributed by atoms with van der Waals surface area (Å²) in [7, 11) is 0. The van der Waals surface area contributed by atoms with Crippen LogP contribution in [0.1, 0.15) is 26.7 Å². The van der Waals surface area contributed by atoms with Gasteiger partial charge in [0.15, 0.2) is 0 Å². The Morgan fingerprint density at radius 1 is 1.33 bits per heavy atom. The SMILES string of the molecule is CCC(C)N1CCN(CC2(C=O)CCOC2)CC1. The molecule has 0 aromatic carbocycles. The Kier molecular flexibility index (Phi) is 4.76. The van der Waals surface area contributed by atoms with E-state index in [4.69, 9.17) is 4.74 Å². The molecule has 2 saturated heterocycles. The van der Waals surface area contributed by atoms with E-state index in [1.54, 1.807) is 0 Å². The van der Waals surface area contributed by atoms with Crippen LogP contribution >= 0.6 is 0 Å². The Morgan fingerprint density at radius 2 is 2.06 bits per heavy atom. The monoisotopic (exact) mass is 254 g/mol. The van der Waals surface area contributed by atoms with E-state index in [0.717, 1.165) is 52.0 Å². The van der Waals surface area contributed by atoms with Crippen LogP contribution in [0.3, 0.4) is 0 Å². The van der Waals surface area contributed by atoms with Gasteiger partial charge in [0.05, 0.1) is 12.0 Å². The summed E-state index contributed by atoms with van der Waals surface area (Å²) in [4.78, 5) is 16.3. The average molecular weight is 254 g/mol. The third kappa shape index (κ3) is 3.11. The van der Waals surface area contributed by atoms with Gasteiger partial charge in [-0.15, -0.1) is 0 Å². The topological polar surface area (TPSA) is 32.8 Å².